The number of anilines is 1. The summed E-state index contributed by atoms with van der Waals surface area (Å²) in [5, 5.41) is 2.93. The van der Waals surface area contributed by atoms with Gasteiger partial charge in [-0.1, -0.05) is 43.3 Å². The number of carbonyl (C=O) groups is 2. The van der Waals surface area contributed by atoms with Crippen LogP contribution in [0.25, 0.3) is 0 Å². The highest BCUT2D eigenvalue weighted by atomic mass is 32.2. The van der Waals surface area contributed by atoms with Crippen molar-refractivity contribution in [1.82, 2.24) is 10.2 Å². The predicted octanol–water partition coefficient (Wildman–Crippen LogP) is 4.22. The van der Waals surface area contributed by atoms with Crippen molar-refractivity contribution in [3.8, 4) is 0 Å². The topological polar surface area (TPSA) is 86.8 Å². The van der Waals surface area contributed by atoms with Crippen molar-refractivity contribution >= 4 is 27.5 Å². The molecule has 0 aliphatic carbocycles. The summed E-state index contributed by atoms with van der Waals surface area (Å²) in [6, 6.07) is 14.8. The Morgan fingerprint density at radius 2 is 1.64 bits per heavy atom. The summed E-state index contributed by atoms with van der Waals surface area (Å²) < 4.78 is 26.4. The van der Waals surface area contributed by atoms with Crippen molar-refractivity contribution in [3.63, 3.8) is 0 Å². The third-order valence-electron chi connectivity index (χ3n) is 6.23. The summed E-state index contributed by atoms with van der Waals surface area (Å²) >= 11 is 0. The van der Waals surface area contributed by atoms with Crippen LogP contribution in [0.5, 0.6) is 0 Å². The lowest BCUT2D eigenvalue weighted by Gasteiger charge is -2.31. The first-order valence-corrected chi connectivity index (χ1v) is 14.5. The summed E-state index contributed by atoms with van der Waals surface area (Å²) in [5.74, 6) is -0.313. The highest BCUT2D eigenvalue weighted by Gasteiger charge is 2.28. The number of rotatable bonds is 13. The van der Waals surface area contributed by atoms with Crippen LogP contribution in [-0.4, -0.2) is 56.6 Å². The molecule has 0 bridgehead atoms. The summed E-state index contributed by atoms with van der Waals surface area (Å²) in [7, 11) is -3.52. The number of hydrogen-bond acceptors (Lipinski definition) is 4. The zero-order chi connectivity index (χ0) is 26.9. The van der Waals surface area contributed by atoms with E-state index in [1.807, 2.05) is 77.1 Å². The fourth-order valence-corrected chi connectivity index (χ4v) is 5.12. The Labute approximate surface area is 216 Å². The van der Waals surface area contributed by atoms with Gasteiger partial charge in [-0.15, -0.1) is 0 Å². The predicted molar refractivity (Wildman–Crippen MR) is 147 cm³/mol. The second-order valence-electron chi connectivity index (χ2n) is 9.62. The number of amides is 2. The number of hydrogen-bond donors (Lipinski definition) is 1. The molecule has 0 saturated carbocycles. The van der Waals surface area contributed by atoms with Crippen LogP contribution >= 0.6 is 0 Å². The Hall–Kier alpha value is -2.87. The Bertz CT molecular complexity index is 1120. The number of benzene rings is 2. The minimum Gasteiger partial charge on any atom is -0.352 e. The number of nitrogens with zero attached hydrogens (tertiary/aromatic N) is 2. The molecule has 1 atom stereocenters. The standard InChI is InChI=1S/C28H41N3O4S/c1-7-26(28(33)29-21(2)3)30(19-17-24-12-9-8-10-13-24)27(32)14-11-18-31(36(6,34)35)25-16-15-22(4)23(5)20-25/h8-10,12-13,15-16,20-21,26H,7,11,14,17-19H2,1-6H3,(H,29,33)/t26-/m1/s1. The summed E-state index contributed by atoms with van der Waals surface area (Å²) in [6.45, 7) is 10.2. The highest BCUT2D eigenvalue weighted by molar-refractivity contribution is 7.92. The van der Waals surface area contributed by atoms with Crippen molar-refractivity contribution in [2.75, 3.05) is 23.7 Å². The van der Waals surface area contributed by atoms with Crippen LogP contribution < -0.4 is 9.62 Å². The van der Waals surface area contributed by atoms with Crippen molar-refractivity contribution in [2.45, 2.75) is 72.4 Å². The van der Waals surface area contributed by atoms with Gasteiger partial charge in [0.1, 0.15) is 6.04 Å². The van der Waals surface area contributed by atoms with Gasteiger partial charge in [-0.25, -0.2) is 8.42 Å². The maximum Gasteiger partial charge on any atom is 0.242 e. The van der Waals surface area contributed by atoms with Gasteiger partial charge in [0, 0.05) is 25.6 Å². The number of carbonyl (C=O) groups excluding carboxylic acids is 2. The second-order valence-corrected chi connectivity index (χ2v) is 11.5. The van der Waals surface area contributed by atoms with Gasteiger partial charge < -0.3 is 10.2 Å². The monoisotopic (exact) mass is 515 g/mol. The SMILES string of the molecule is CC[C@H](C(=O)NC(C)C)N(CCc1ccccc1)C(=O)CCCN(c1ccc(C)c(C)c1)S(C)(=O)=O. The molecule has 0 spiro atoms. The van der Waals surface area contributed by atoms with Gasteiger partial charge in [0.25, 0.3) is 0 Å². The lowest BCUT2D eigenvalue weighted by Crippen LogP contribution is -2.51. The Morgan fingerprint density at radius 3 is 2.19 bits per heavy atom. The molecule has 7 nitrogen and oxygen atoms in total. The molecule has 0 unspecified atom stereocenters. The van der Waals surface area contributed by atoms with E-state index in [0.29, 0.717) is 31.5 Å². The fraction of sp³-hybridized carbons (Fsp3) is 0.500. The Balaban J connectivity index is 2.17. The number of sulfonamides is 1. The van der Waals surface area contributed by atoms with Crippen molar-refractivity contribution in [2.24, 2.45) is 0 Å². The first kappa shape index (κ1) is 29.4. The van der Waals surface area contributed by atoms with E-state index in [1.165, 1.54) is 10.6 Å². The largest absolute Gasteiger partial charge is 0.352 e. The molecular formula is C28H41N3O4S. The van der Waals surface area contributed by atoms with E-state index in [-0.39, 0.29) is 30.8 Å². The molecule has 0 radical (unpaired) electrons. The van der Waals surface area contributed by atoms with E-state index >= 15 is 0 Å². The van der Waals surface area contributed by atoms with E-state index in [4.69, 9.17) is 0 Å². The van der Waals surface area contributed by atoms with Gasteiger partial charge in [-0.3, -0.25) is 13.9 Å². The van der Waals surface area contributed by atoms with Gasteiger partial charge in [-0.2, -0.15) is 0 Å². The fourth-order valence-electron chi connectivity index (χ4n) is 4.16. The highest BCUT2D eigenvalue weighted by Crippen LogP contribution is 2.22. The lowest BCUT2D eigenvalue weighted by molar-refractivity contribution is -0.141. The van der Waals surface area contributed by atoms with Gasteiger partial charge in [0.15, 0.2) is 0 Å². The van der Waals surface area contributed by atoms with E-state index < -0.39 is 16.1 Å². The van der Waals surface area contributed by atoms with Crippen LogP contribution in [0.4, 0.5) is 5.69 Å². The molecule has 2 rings (SSSR count). The Kier molecular flexibility index (Phi) is 11.0. The minimum absolute atomic E-state index is 0.0288. The molecule has 0 saturated heterocycles. The van der Waals surface area contributed by atoms with E-state index in [2.05, 4.69) is 5.32 Å². The molecule has 0 fully saturated rings. The third-order valence-corrected chi connectivity index (χ3v) is 7.43. The summed E-state index contributed by atoms with van der Waals surface area (Å²) in [4.78, 5) is 28.0. The van der Waals surface area contributed by atoms with Gasteiger partial charge in [-0.05, 0) is 75.8 Å². The maximum atomic E-state index is 13.4. The van der Waals surface area contributed by atoms with Gasteiger partial charge >= 0.3 is 0 Å². The van der Waals surface area contributed by atoms with Crippen LogP contribution in [0.3, 0.4) is 0 Å². The summed E-state index contributed by atoms with van der Waals surface area (Å²) in [5.41, 5.74) is 3.78. The van der Waals surface area contributed by atoms with Crippen LogP contribution in [0.15, 0.2) is 48.5 Å². The van der Waals surface area contributed by atoms with Crippen molar-refractivity contribution in [1.29, 1.82) is 0 Å². The molecule has 36 heavy (non-hydrogen) atoms. The molecule has 198 valence electrons. The van der Waals surface area contributed by atoms with Crippen LogP contribution in [0.1, 0.15) is 56.7 Å². The zero-order valence-electron chi connectivity index (χ0n) is 22.5. The average molecular weight is 516 g/mol. The number of aryl methyl sites for hydroxylation is 2. The number of nitrogens with one attached hydrogen (secondary N) is 1. The van der Waals surface area contributed by atoms with Crippen LogP contribution in [0, 0.1) is 13.8 Å². The maximum absolute atomic E-state index is 13.4. The van der Waals surface area contributed by atoms with E-state index in [0.717, 1.165) is 16.7 Å². The average Bonchev–Trinajstić information content (AvgIpc) is 2.80. The molecule has 2 amide bonds. The van der Waals surface area contributed by atoms with Crippen LogP contribution in [0.2, 0.25) is 0 Å². The minimum atomic E-state index is -3.52. The second kappa shape index (κ2) is 13.4. The van der Waals surface area contributed by atoms with E-state index in [9.17, 15) is 18.0 Å². The molecule has 0 aliphatic rings. The molecule has 0 aliphatic heterocycles. The van der Waals surface area contributed by atoms with E-state index in [1.54, 1.807) is 11.0 Å². The molecule has 8 heteroatoms. The van der Waals surface area contributed by atoms with Crippen LogP contribution in [-0.2, 0) is 26.0 Å². The van der Waals surface area contributed by atoms with Gasteiger partial charge in [0.05, 0.1) is 11.9 Å². The lowest BCUT2D eigenvalue weighted by atomic mass is 10.1. The van der Waals surface area contributed by atoms with Gasteiger partial charge in [0.2, 0.25) is 21.8 Å². The molecule has 2 aromatic carbocycles. The summed E-state index contributed by atoms with van der Waals surface area (Å²) in [6.07, 6.45) is 2.81. The third kappa shape index (κ3) is 8.66. The molecule has 0 aromatic heterocycles. The first-order chi connectivity index (χ1) is 16.9. The quantitative estimate of drug-likeness (QED) is 0.433. The van der Waals surface area contributed by atoms with Crippen molar-refractivity contribution < 1.29 is 18.0 Å². The smallest absolute Gasteiger partial charge is 0.242 e. The molecule has 2 aromatic rings. The normalized spacial score (nSPS) is 12.3. The van der Waals surface area contributed by atoms with Crippen molar-refractivity contribution in [3.05, 3.63) is 65.2 Å². The first-order valence-electron chi connectivity index (χ1n) is 12.6. The zero-order valence-corrected chi connectivity index (χ0v) is 23.3. The molecule has 1 N–H and O–H groups in total. The Morgan fingerprint density at radius 1 is 0.972 bits per heavy atom. The molecule has 0 heterocycles. The molecular weight excluding hydrogens is 474 g/mol.